The number of aryl methyl sites for hydroxylation is 1. The van der Waals surface area contributed by atoms with Crippen molar-refractivity contribution in [1.29, 1.82) is 0 Å². The molecule has 0 saturated carbocycles. The fourth-order valence-electron chi connectivity index (χ4n) is 2.54. The van der Waals surface area contributed by atoms with Crippen molar-refractivity contribution < 1.29 is 0 Å². The fourth-order valence-corrected chi connectivity index (χ4v) is 2.54. The van der Waals surface area contributed by atoms with Gasteiger partial charge in [0.15, 0.2) is 0 Å². The fraction of sp³-hybridized carbons (Fsp3) is 0.312. The summed E-state index contributed by atoms with van der Waals surface area (Å²) >= 11 is 0. The van der Waals surface area contributed by atoms with Crippen molar-refractivity contribution in [3.8, 4) is 0 Å². The molecule has 22 heavy (non-hydrogen) atoms. The molecule has 0 atom stereocenters. The summed E-state index contributed by atoms with van der Waals surface area (Å²) in [5, 5.41) is 0. The van der Waals surface area contributed by atoms with E-state index in [0.29, 0.717) is 11.5 Å². The first-order valence-electron chi connectivity index (χ1n) is 7.39. The lowest BCUT2D eigenvalue weighted by atomic mass is 10.2. The van der Waals surface area contributed by atoms with Gasteiger partial charge in [0.2, 0.25) is 5.95 Å². The van der Waals surface area contributed by atoms with Gasteiger partial charge in [0, 0.05) is 19.3 Å². The summed E-state index contributed by atoms with van der Waals surface area (Å²) in [5.41, 5.74) is 7.86. The highest BCUT2D eigenvalue weighted by Crippen LogP contribution is 2.17. The van der Waals surface area contributed by atoms with Gasteiger partial charge in [-0.05, 0) is 37.5 Å². The summed E-state index contributed by atoms with van der Waals surface area (Å²) in [6.07, 6.45) is 3.70. The van der Waals surface area contributed by atoms with E-state index in [9.17, 15) is 4.79 Å². The largest absolute Gasteiger partial charge is 0.383 e. The minimum Gasteiger partial charge on any atom is -0.383 e. The van der Waals surface area contributed by atoms with Gasteiger partial charge in [-0.1, -0.05) is 12.1 Å². The molecule has 0 unspecified atom stereocenters. The Balaban J connectivity index is 1.89. The highest BCUT2D eigenvalue weighted by atomic mass is 16.1. The van der Waals surface area contributed by atoms with Crippen LogP contribution in [0.3, 0.4) is 0 Å². The summed E-state index contributed by atoms with van der Waals surface area (Å²) < 4.78 is 0. The van der Waals surface area contributed by atoms with Crippen molar-refractivity contribution in [2.45, 2.75) is 19.8 Å². The third-order valence-corrected chi connectivity index (χ3v) is 3.72. The molecule has 1 aliphatic heterocycles. The van der Waals surface area contributed by atoms with E-state index >= 15 is 0 Å². The molecule has 6 nitrogen and oxygen atoms in total. The Morgan fingerprint density at radius 2 is 2.14 bits per heavy atom. The zero-order valence-electron chi connectivity index (χ0n) is 12.5. The van der Waals surface area contributed by atoms with E-state index in [1.54, 1.807) is 0 Å². The van der Waals surface area contributed by atoms with Gasteiger partial charge in [0.05, 0.1) is 5.69 Å². The number of aromatic amines is 1. The monoisotopic (exact) mass is 297 g/mol. The number of nitrogens with two attached hydrogens (primary N) is 1. The predicted molar refractivity (Wildman–Crippen MR) is 89.2 cm³/mol. The van der Waals surface area contributed by atoms with E-state index in [2.05, 4.69) is 15.0 Å². The highest BCUT2D eigenvalue weighted by Gasteiger charge is 2.16. The van der Waals surface area contributed by atoms with E-state index < -0.39 is 0 Å². The van der Waals surface area contributed by atoms with Crippen LogP contribution in [0.15, 0.2) is 34.1 Å². The topological polar surface area (TPSA) is 87.4 Å². The average molecular weight is 297 g/mol. The summed E-state index contributed by atoms with van der Waals surface area (Å²) in [4.78, 5) is 25.7. The molecular weight excluding hydrogens is 278 g/mol. The zero-order valence-corrected chi connectivity index (χ0v) is 12.5. The standard InChI is InChI=1S/C16H19N5O/c1-11-5-4-6-12(9-11)18-10-13-14(17)19-16(20-15(13)22)21-7-2-3-8-21/h4-6,9-10H,2-3,7-8H2,1H3,(H3,17,19,20,22). The van der Waals surface area contributed by atoms with Crippen molar-refractivity contribution in [1.82, 2.24) is 9.97 Å². The summed E-state index contributed by atoms with van der Waals surface area (Å²) in [5.74, 6) is 0.759. The summed E-state index contributed by atoms with van der Waals surface area (Å²) in [6, 6.07) is 7.73. The number of hydrogen-bond acceptors (Lipinski definition) is 5. The first-order chi connectivity index (χ1) is 10.6. The Labute approximate surface area is 128 Å². The number of aliphatic imine (C=N–C) groups is 1. The number of hydrogen-bond donors (Lipinski definition) is 2. The highest BCUT2D eigenvalue weighted by molar-refractivity contribution is 5.87. The minimum atomic E-state index is -0.259. The van der Waals surface area contributed by atoms with Crippen LogP contribution in [0.2, 0.25) is 0 Å². The maximum atomic E-state index is 12.2. The Kier molecular flexibility index (Phi) is 3.91. The van der Waals surface area contributed by atoms with Crippen LogP contribution in [-0.4, -0.2) is 29.3 Å². The van der Waals surface area contributed by atoms with Gasteiger partial charge in [-0.15, -0.1) is 0 Å². The van der Waals surface area contributed by atoms with E-state index in [-0.39, 0.29) is 11.4 Å². The van der Waals surface area contributed by atoms with Gasteiger partial charge in [-0.2, -0.15) is 4.98 Å². The average Bonchev–Trinajstić information content (AvgIpc) is 3.00. The van der Waals surface area contributed by atoms with Gasteiger partial charge in [-0.25, -0.2) is 0 Å². The second-order valence-electron chi connectivity index (χ2n) is 5.48. The molecule has 2 aromatic rings. The van der Waals surface area contributed by atoms with Crippen LogP contribution in [-0.2, 0) is 0 Å². The second-order valence-corrected chi connectivity index (χ2v) is 5.48. The molecule has 2 heterocycles. The molecule has 6 heteroatoms. The lowest BCUT2D eigenvalue weighted by molar-refractivity contribution is 0.892. The van der Waals surface area contributed by atoms with E-state index in [4.69, 9.17) is 5.73 Å². The molecule has 0 amide bonds. The van der Waals surface area contributed by atoms with Crippen LogP contribution in [0.5, 0.6) is 0 Å². The SMILES string of the molecule is Cc1cccc(N=Cc2c(N)nc(N3CCCC3)[nH]c2=O)c1. The third kappa shape index (κ3) is 3.00. The smallest absolute Gasteiger partial charge is 0.263 e. The quantitative estimate of drug-likeness (QED) is 0.848. The molecule has 1 aliphatic rings. The number of H-pyrrole nitrogens is 1. The minimum absolute atomic E-state index is 0.210. The zero-order chi connectivity index (χ0) is 15.5. The first-order valence-corrected chi connectivity index (χ1v) is 7.39. The van der Waals surface area contributed by atoms with Crippen LogP contribution in [0.25, 0.3) is 0 Å². The normalized spacial score (nSPS) is 14.9. The molecule has 1 saturated heterocycles. The van der Waals surface area contributed by atoms with Crippen LogP contribution >= 0.6 is 0 Å². The van der Waals surface area contributed by atoms with Crippen LogP contribution < -0.4 is 16.2 Å². The molecule has 0 spiro atoms. The Hall–Kier alpha value is -2.63. The van der Waals surface area contributed by atoms with Gasteiger partial charge < -0.3 is 10.6 Å². The molecule has 0 aliphatic carbocycles. The number of nitrogen functional groups attached to an aromatic ring is 1. The molecule has 114 valence electrons. The number of aromatic nitrogens is 2. The molecule has 0 bridgehead atoms. The van der Waals surface area contributed by atoms with E-state index in [0.717, 1.165) is 37.2 Å². The van der Waals surface area contributed by atoms with Crippen LogP contribution in [0.1, 0.15) is 24.0 Å². The van der Waals surface area contributed by atoms with Crippen molar-refractivity contribution in [2.75, 3.05) is 23.7 Å². The Morgan fingerprint density at radius 3 is 2.82 bits per heavy atom. The summed E-state index contributed by atoms with van der Waals surface area (Å²) in [6.45, 7) is 3.80. The molecule has 1 aromatic heterocycles. The van der Waals surface area contributed by atoms with Crippen LogP contribution in [0, 0.1) is 6.92 Å². The molecule has 3 N–H and O–H groups in total. The van der Waals surface area contributed by atoms with E-state index in [1.807, 2.05) is 36.1 Å². The molecule has 1 aromatic carbocycles. The molecule has 1 fully saturated rings. The van der Waals surface area contributed by atoms with Crippen LogP contribution in [0.4, 0.5) is 17.5 Å². The van der Waals surface area contributed by atoms with Gasteiger partial charge in [0.1, 0.15) is 11.4 Å². The lowest BCUT2D eigenvalue weighted by Gasteiger charge is -2.16. The number of benzene rings is 1. The first kappa shape index (κ1) is 14.3. The number of rotatable bonds is 3. The van der Waals surface area contributed by atoms with Gasteiger partial charge >= 0.3 is 0 Å². The number of anilines is 2. The Morgan fingerprint density at radius 1 is 1.36 bits per heavy atom. The molecule has 3 rings (SSSR count). The van der Waals surface area contributed by atoms with E-state index in [1.165, 1.54) is 6.21 Å². The predicted octanol–water partition coefficient (Wildman–Crippen LogP) is 2.01. The molecular formula is C16H19N5O. The van der Waals surface area contributed by atoms with Crippen molar-refractivity contribution in [3.63, 3.8) is 0 Å². The number of nitrogens with zero attached hydrogens (tertiary/aromatic N) is 3. The third-order valence-electron chi connectivity index (χ3n) is 3.72. The molecule has 0 radical (unpaired) electrons. The Bertz CT molecular complexity index is 759. The van der Waals surface area contributed by atoms with Crippen molar-refractivity contribution >= 4 is 23.7 Å². The second kappa shape index (κ2) is 6.01. The van der Waals surface area contributed by atoms with Gasteiger partial charge in [-0.3, -0.25) is 14.8 Å². The van der Waals surface area contributed by atoms with Crippen molar-refractivity contribution in [2.24, 2.45) is 4.99 Å². The van der Waals surface area contributed by atoms with Gasteiger partial charge in [0.25, 0.3) is 5.56 Å². The number of nitrogens with one attached hydrogen (secondary N) is 1. The van der Waals surface area contributed by atoms with Crippen molar-refractivity contribution in [3.05, 3.63) is 45.7 Å². The lowest BCUT2D eigenvalue weighted by Crippen LogP contribution is -2.26. The summed E-state index contributed by atoms with van der Waals surface area (Å²) in [7, 11) is 0. The maximum Gasteiger partial charge on any atom is 0.263 e. The maximum absolute atomic E-state index is 12.2.